The number of rotatable bonds is 5. The maximum absolute atomic E-state index is 2.67. The Kier molecular flexibility index (Phi) is 7.38. The van der Waals surface area contributed by atoms with E-state index < -0.39 is 0 Å². The van der Waals surface area contributed by atoms with Crippen molar-refractivity contribution in [1.29, 1.82) is 0 Å². The molecule has 0 aromatic heterocycles. The van der Waals surface area contributed by atoms with Crippen LogP contribution in [0.15, 0.2) is 179 Å². The van der Waals surface area contributed by atoms with Gasteiger partial charge in [-0.2, -0.15) is 0 Å². The first-order chi connectivity index (χ1) is 24.8. The number of hydrogen-bond donors (Lipinski definition) is 0. The summed E-state index contributed by atoms with van der Waals surface area (Å²) in [4.78, 5) is 5.26. The van der Waals surface area contributed by atoms with Crippen LogP contribution in [0.4, 0.5) is 5.69 Å². The second kappa shape index (κ2) is 12.4. The van der Waals surface area contributed by atoms with Gasteiger partial charge in [0.15, 0.2) is 0 Å². The summed E-state index contributed by atoms with van der Waals surface area (Å²) in [6, 6.07) is 47.9. The van der Waals surface area contributed by atoms with Crippen molar-refractivity contribution in [1.82, 2.24) is 0 Å². The molecule has 1 nitrogen and oxygen atoms in total. The molecule has 6 aromatic carbocycles. The van der Waals surface area contributed by atoms with E-state index in [0.717, 1.165) is 25.7 Å². The zero-order chi connectivity index (χ0) is 33.0. The first-order valence-corrected chi connectivity index (χ1v) is 19.0. The Hall–Kier alpha value is -5.05. The van der Waals surface area contributed by atoms with Crippen molar-refractivity contribution in [2.24, 2.45) is 5.92 Å². The SMILES string of the molecule is C1=Cc2cc(C3C=CC4C(C3)C3=C(C=CC(c5ccc(Sc6cccc7ccccc67)cc5)C3)N4c3cccc4ccccc34)ccc2CC1. The second-order valence-electron chi connectivity index (χ2n) is 14.3. The lowest BCUT2D eigenvalue weighted by atomic mass is 9.74. The van der Waals surface area contributed by atoms with E-state index in [0.29, 0.717) is 23.8 Å². The van der Waals surface area contributed by atoms with Crippen molar-refractivity contribution < 1.29 is 0 Å². The van der Waals surface area contributed by atoms with Gasteiger partial charge >= 0.3 is 0 Å². The number of fused-ring (bicyclic) bond motifs is 5. The van der Waals surface area contributed by atoms with Crippen LogP contribution >= 0.6 is 11.8 Å². The molecule has 0 amide bonds. The second-order valence-corrected chi connectivity index (χ2v) is 15.4. The zero-order valence-electron chi connectivity index (χ0n) is 28.1. The van der Waals surface area contributed by atoms with Crippen LogP contribution in [0, 0.1) is 5.92 Å². The first kappa shape index (κ1) is 29.8. The summed E-state index contributed by atoms with van der Waals surface area (Å²) in [6.07, 6.45) is 19.2. The Morgan fingerprint density at radius 1 is 0.620 bits per heavy atom. The topological polar surface area (TPSA) is 3.24 Å². The van der Waals surface area contributed by atoms with Crippen LogP contribution in [0.1, 0.15) is 53.4 Å². The monoisotopic (exact) mass is 661 g/mol. The number of hydrogen-bond acceptors (Lipinski definition) is 2. The molecule has 2 heteroatoms. The standard InChI is InChI=1S/C48H39NS/c1-2-12-36-29-37(20-19-32(36)9-1)39-24-28-47-44(31-39)43-30-38(23-27-46(43)49(47)45-17-7-13-34-10-3-5-15-41(34)45)33-21-25-40(26-22-33)50-48-18-8-14-35-11-4-6-16-42(35)48/h2-8,10-29,38-39,44,47H,1,9,30-31H2. The van der Waals surface area contributed by atoms with Crippen LogP contribution in [0.3, 0.4) is 0 Å². The molecule has 0 N–H and O–H groups in total. The molecule has 1 aliphatic heterocycles. The van der Waals surface area contributed by atoms with Gasteiger partial charge in [0.25, 0.3) is 0 Å². The maximum Gasteiger partial charge on any atom is 0.0589 e. The van der Waals surface area contributed by atoms with E-state index in [1.165, 1.54) is 65.0 Å². The summed E-state index contributed by atoms with van der Waals surface area (Å²) >= 11 is 1.86. The van der Waals surface area contributed by atoms with Crippen LogP contribution < -0.4 is 4.90 Å². The highest BCUT2D eigenvalue weighted by Crippen LogP contribution is 2.52. The van der Waals surface area contributed by atoms with Crippen LogP contribution in [-0.2, 0) is 6.42 Å². The lowest BCUT2D eigenvalue weighted by molar-refractivity contribution is 0.466. The molecule has 1 heterocycles. The fraction of sp³-hybridized carbons (Fsp3) is 0.167. The van der Waals surface area contributed by atoms with Gasteiger partial charge in [-0.1, -0.05) is 145 Å². The lowest BCUT2D eigenvalue weighted by Crippen LogP contribution is -2.35. The van der Waals surface area contributed by atoms with Gasteiger partial charge in [0.2, 0.25) is 0 Å². The molecule has 3 aliphatic carbocycles. The van der Waals surface area contributed by atoms with Gasteiger partial charge in [0.05, 0.1) is 6.04 Å². The average Bonchev–Trinajstić information content (AvgIpc) is 3.50. The highest BCUT2D eigenvalue weighted by Gasteiger charge is 2.44. The van der Waals surface area contributed by atoms with E-state index in [-0.39, 0.29) is 0 Å². The molecule has 0 spiro atoms. The third-order valence-corrected chi connectivity index (χ3v) is 12.6. The zero-order valence-corrected chi connectivity index (χ0v) is 28.9. The minimum atomic E-state index is 0.322. The number of nitrogens with zero attached hydrogens (tertiary/aromatic N) is 1. The van der Waals surface area contributed by atoms with Crippen molar-refractivity contribution in [2.75, 3.05) is 4.90 Å². The Labute approximate surface area is 299 Å². The maximum atomic E-state index is 2.67. The number of anilines is 1. The van der Waals surface area contributed by atoms with Crippen LogP contribution in [-0.4, -0.2) is 6.04 Å². The highest BCUT2D eigenvalue weighted by molar-refractivity contribution is 7.99. The summed E-state index contributed by atoms with van der Waals surface area (Å²) in [7, 11) is 0. The molecule has 4 unspecified atom stereocenters. The predicted molar refractivity (Wildman–Crippen MR) is 212 cm³/mol. The highest BCUT2D eigenvalue weighted by atomic mass is 32.2. The van der Waals surface area contributed by atoms with E-state index >= 15 is 0 Å². The number of benzene rings is 6. The fourth-order valence-corrected chi connectivity index (χ4v) is 9.97. The minimum absolute atomic E-state index is 0.322. The molecular weight excluding hydrogens is 623 g/mol. The van der Waals surface area contributed by atoms with Crippen LogP contribution in [0.25, 0.3) is 27.6 Å². The third kappa shape index (κ3) is 5.17. The van der Waals surface area contributed by atoms with Gasteiger partial charge in [-0.3, -0.25) is 0 Å². The largest absolute Gasteiger partial charge is 0.333 e. The van der Waals surface area contributed by atoms with Gasteiger partial charge in [-0.05, 0) is 100 Å². The summed E-state index contributed by atoms with van der Waals surface area (Å²) in [5.74, 6) is 1.27. The lowest BCUT2D eigenvalue weighted by Gasteiger charge is -2.35. The molecule has 50 heavy (non-hydrogen) atoms. The quantitative estimate of drug-likeness (QED) is 0.169. The molecule has 0 saturated carbocycles. The summed E-state index contributed by atoms with van der Waals surface area (Å²) in [5, 5.41) is 5.24. The molecule has 10 rings (SSSR count). The van der Waals surface area contributed by atoms with Crippen molar-refractivity contribution in [3.05, 3.63) is 191 Å². The van der Waals surface area contributed by atoms with E-state index in [2.05, 4.69) is 169 Å². The van der Waals surface area contributed by atoms with Gasteiger partial charge in [0, 0.05) is 44.3 Å². The van der Waals surface area contributed by atoms with Crippen LogP contribution in [0.2, 0.25) is 0 Å². The fourth-order valence-electron chi connectivity index (χ4n) is 9.00. The normalized spacial score (nSPS) is 22.2. The minimum Gasteiger partial charge on any atom is -0.333 e. The van der Waals surface area contributed by atoms with Crippen LogP contribution in [0.5, 0.6) is 0 Å². The third-order valence-electron chi connectivity index (χ3n) is 11.5. The summed E-state index contributed by atoms with van der Waals surface area (Å²) < 4.78 is 0. The first-order valence-electron chi connectivity index (χ1n) is 18.2. The van der Waals surface area contributed by atoms with E-state index in [9.17, 15) is 0 Å². The number of allylic oxidation sites excluding steroid dienone is 4. The van der Waals surface area contributed by atoms with Gasteiger partial charge < -0.3 is 4.90 Å². The van der Waals surface area contributed by atoms with Gasteiger partial charge in [-0.25, -0.2) is 0 Å². The molecule has 0 radical (unpaired) electrons. The molecule has 0 saturated heterocycles. The Bertz CT molecular complexity index is 2380. The van der Waals surface area contributed by atoms with Crippen molar-refractivity contribution in [3.8, 4) is 0 Å². The molecule has 4 aliphatic rings. The van der Waals surface area contributed by atoms with Crippen molar-refractivity contribution >= 4 is 45.1 Å². The Balaban J connectivity index is 0.980. The molecule has 4 atom stereocenters. The van der Waals surface area contributed by atoms with Crippen molar-refractivity contribution in [3.63, 3.8) is 0 Å². The molecular formula is C48H39NS. The molecule has 242 valence electrons. The Morgan fingerprint density at radius 2 is 1.38 bits per heavy atom. The van der Waals surface area contributed by atoms with E-state index in [4.69, 9.17) is 0 Å². The van der Waals surface area contributed by atoms with Crippen molar-refractivity contribution in [2.45, 2.75) is 53.4 Å². The number of aryl methyl sites for hydroxylation is 1. The summed E-state index contributed by atoms with van der Waals surface area (Å²) in [6.45, 7) is 0. The average molecular weight is 662 g/mol. The Morgan fingerprint density at radius 3 is 2.26 bits per heavy atom. The molecule has 6 aromatic rings. The smallest absolute Gasteiger partial charge is 0.0589 e. The molecule has 0 bridgehead atoms. The molecule has 0 fully saturated rings. The van der Waals surface area contributed by atoms with E-state index in [1.54, 1.807) is 5.57 Å². The van der Waals surface area contributed by atoms with Gasteiger partial charge in [-0.15, -0.1) is 0 Å². The van der Waals surface area contributed by atoms with Gasteiger partial charge in [0.1, 0.15) is 0 Å². The summed E-state index contributed by atoms with van der Waals surface area (Å²) in [5.41, 5.74) is 10.1. The van der Waals surface area contributed by atoms with E-state index in [1.807, 2.05) is 11.8 Å². The predicted octanol–water partition coefficient (Wildman–Crippen LogP) is 12.6.